The zero-order valence-corrected chi connectivity index (χ0v) is 13.7. The quantitative estimate of drug-likeness (QED) is 0.883. The van der Waals surface area contributed by atoms with Crippen LogP contribution in [0.5, 0.6) is 0 Å². The number of nitrogens with one attached hydrogen (secondary N) is 1. The van der Waals surface area contributed by atoms with E-state index in [0.29, 0.717) is 6.04 Å². The van der Waals surface area contributed by atoms with Crippen molar-refractivity contribution in [2.75, 3.05) is 0 Å². The molecule has 0 radical (unpaired) electrons. The minimum absolute atomic E-state index is 0.658. The Kier molecular flexibility index (Phi) is 4.71. The Morgan fingerprint density at radius 1 is 1.19 bits per heavy atom. The predicted molar refractivity (Wildman–Crippen MR) is 90.4 cm³/mol. The molecular weight excluding hydrogens is 276 g/mol. The zero-order chi connectivity index (χ0) is 14.7. The number of benzene rings is 1. The average molecular weight is 300 g/mol. The third-order valence-electron chi connectivity index (χ3n) is 4.57. The molecule has 1 aromatic heterocycles. The van der Waals surface area contributed by atoms with E-state index in [0.717, 1.165) is 24.1 Å². The molecule has 112 valence electrons. The molecule has 3 rings (SSSR count). The first-order valence-corrected chi connectivity index (χ1v) is 8.83. The Hall–Kier alpha value is -1.19. The number of nitrogens with zero attached hydrogens (tertiary/aromatic N) is 1. The summed E-state index contributed by atoms with van der Waals surface area (Å²) >= 11 is 1.76. The van der Waals surface area contributed by atoms with Gasteiger partial charge in [0, 0.05) is 23.5 Å². The molecular formula is C18H24N2S. The highest BCUT2D eigenvalue weighted by atomic mass is 32.1. The standard InChI is InChI=1S/C18H24N2S/c1-13-8-9-16(14(2)10-13)19-11-18-20-17(12-21-18)15-6-4-3-5-7-15/h3-7,12-14,16,19H,8-11H2,1-2H3. The lowest BCUT2D eigenvalue weighted by molar-refractivity contribution is 0.227. The molecule has 3 heteroatoms. The van der Waals surface area contributed by atoms with E-state index in [4.69, 9.17) is 4.98 Å². The van der Waals surface area contributed by atoms with Crippen molar-refractivity contribution in [3.05, 3.63) is 40.7 Å². The third-order valence-corrected chi connectivity index (χ3v) is 5.42. The van der Waals surface area contributed by atoms with Crippen LogP contribution in [0.15, 0.2) is 35.7 Å². The number of hydrogen-bond donors (Lipinski definition) is 1. The summed E-state index contributed by atoms with van der Waals surface area (Å²) in [6, 6.07) is 11.1. The highest BCUT2D eigenvalue weighted by molar-refractivity contribution is 7.09. The highest BCUT2D eigenvalue weighted by Gasteiger charge is 2.24. The number of thiazole rings is 1. The molecule has 1 aliphatic rings. The van der Waals surface area contributed by atoms with E-state index in [1.165, 1.54) is 29.8 Å². The molecule has 2 nitrogen and oxygen atoms in total. The van der Waals surface area contributed by atoms with Crippen LogP contribution in [0.1, 0.15) is 38.1 Å². The highest BCUT2D eigenvalue weighted by Crippen LogP contribution is 2.29. The zero-order valence-electron chi connectivity index (χ0n) is 12.9. The van der Waals surface area contributed by atoms with Crippen LogP contribution in [0.3, 0.4) is 0 Å². The van der Waals surface area contributed by atoms with Crippen LogP contribution in [0, 0.1) is 11.8 Å². The molecule has 0 aliphatic heterocycles. The van der Waals surface area contributed by atoms with Crippen molar-refractivity contribution in [3.8, 4) is 11.3 Å². The maximum Gasteiger partial charge on any atom is 0.107 e. The molecule has 1 heterocycles. The lowest BCUT2D eigenvalue weighted by Crippen LogP contribution is -2.38. The monoisotopic (exact) mass is 300 g/mol. The second-order valence-electron chi connectivity index (χ2n) is 6.38. The largest absolute Gasteiger partial charge is 0.307 e. The van der Waals surface area contributed by atoms with Gasteiger partial charge in [0.25, 0.3) is 0 Å². The van der Waals surface area contributed by atoms with E-state index >= 15 is 0 Å². The van der Waals surface area contributed by atoms with E-state index in [1.807, 2.05) is 6.07 Å². The summed E-state index contributed by atoms with van der Waals surface area (Å²) in [5, 5.41) is 7.08. The fourth-order valence-corrected chi connectivity index (χ4v) is 4.07. The minimum atomic E-state index is 0.658. The molecule has 1 fully saturated rings. The Morgan fingerprint density at radius 3 is 2.76 bits per heavy atom. The van der Waals surface area contributed by atoms with Crippen molar-refractivity contribution in [3.63, 3.8) is 0 Å². The summed E-state index contributed by atoms with van der Waals surface area (Å²) in [5.74, 6) is 1.67. The number of rotatable bonds is 4. The summed E-state index contributed by atoms with van der Waals surface area (Å²) in [4.78, 5) is 4.76. The van der Waals surface area contributed by atoms with Gasteiger partial charge < -0.3 is 5.32 Å². The van der Waals surface area contributed by atoms with Gasteiger partial charge in [-0.1, -0.05) is 44.2 Å². The summed E-state index contributed by atoms with van der Waals surface area (Å²) in [7, 11) is 0. The van der Waals surface area contributed by atoms with Gasteiger partial charge in [-0.05, 0) is 31.1 Å². The van der Waals surface area contributed by atoms with Crippen molar-refractivity contribution < 1.29 is 0 Å². The van der Waals surface area contributed by atoms with Crippen molar-refractivity contribution in [2.24, 2.45) is 11.8 Å². The predicted octanol–water partition coefficient (Wildman–Crippen LogP) is 4.72. The van der Waals surface area contributed by atoms with Crippen molar-refractivity contribution in [1.29, 1.82) is 0 Å². The Balaban J connectivity index is 1.58. The first-order chi connectivity index (χ1) is 10.2. The SMILES string of the molecule is CC1CCC(NCc2nc(-c3ccccc3)cs2)C(C)C1. The van der Waals surface area contributed by atoms with Gasteiger partial charge in [-0.3, -0.25) is 0 Å². The average Bonchev–Trinajstić information content (AvgIpc) is 2.96. The Labute approximate surface area is 131 Å². The second-order valence-corrected chi connectivity index (χ2v) is 7.32. The maximum atomic E-state index is 4.76. The molecule has 1 saturated carbocycles. The normalized spacial score (nSPS) is 25.9. The van der Waals surface area contributed by atoms with E-state index < -0.39 is 0 Å². The molecule has 0 saturated heterocycles. The van der Waals surface area contributed by atoms with Gasteiger partial charge in [0.2, 0.25) is 0 Å². The van der Waals surface area contributed by atoms with Gasteiger partial charge in [-0.2, -0.15) is 0 Å². The molecule has 3 atom stereocenters. The van der Waals surface area contributed by atoms with E-state index in [9.17, 15) is 0 Å². The van der Waals surface area contributed by atoms with Crippen LogP contribution in [0.4, 0.5) is 0 Å². The fourth-order valence-electron chi connectivity index (χ4n) is 3.32. The van der Waals surface area contributed by atoms with Crippen molar-refractivity contribution in [1.82, 2.24) is 10.3 Å². The molecule has 3 unspecified atom stereocenters. The molecule has 1 N–H and O–H groups in total. The van der Waals surface area contributed by atoms with Gasteiger partial charge in [0.15, 0.2) is 0 Å². The summed E-state index contributed by atoms with van der Waals surface area (Å²) in [6.45, 7) is 5.66. The lowest BCUT2D eigenvalue weighted by atomic mass is 9.80. The molecule has 0 bridgehead atoms. The second kappa shape index (κ2) is 6.71. The summed E-state index contributed by atoms with van der Waals surface area (Å²) in [6.07, 6.45) is 4.01. The van der Waals surface area contributed by atoms with Crippen LogP contribution in [-0.2, 0) is 6.54 Å². The molecule has 0 amide bonds. The Morgan fingerprint density at radius 2 is 2.00 bits per heavy atom. The fraction of sp³-hybridized carbons (Fsp3) is 0.500. The van der Waals surface area contributed by atoms with E-state index in [2.05, 4.69) is 48.8 Å². The third kappa shape index (κ3) is 3.72. The van der Waals surface area contributed by atoms with Crippen molar-refractivity contribution >= 4 is 11.3 Å². The summed E-state index contributed by atoms with van der Waals surface area (Å²) in [5.41, 5.74) is 2.31. The van der Waals surface area contributed by atoms with Crippen LogP contribution in [0.25, 0.3) is 11.3 Å². The topological polar surface area (TPSA) is 24.9 Å². The van der Waals surface area contributed by atoms with Gasteiger partial charge in [-0.25, -0.2) is 4.98 Å². The van der Waals surface area contributed by atoms with Gasteiger partial charge in [-0.15, -0.1) is 11.3 Å². The van der Waals surface area contributed by atoms with Crippen molar-refractivity contribution in [2.45, 2.75) is 45.7 Å². The number of aromatic nitrogens is 1. The minimum Gasteiger partial charge on any atom is -0.307 e. The molecule has 21 heavy (non-hydrogen) atoms. The van der Waals surface area contributed by atoms with Crippen LogP contribution < -0.4 is 5.32 Å². The van der Waals surface area contributed by atoms with E-state index in [1.54, 1.807) is 11.3 Å². The summed E-state index contributed by atoms with van der Waals surface area (Å²) < 4.78 is 0. The van der Waals surface area contributed by atoms with Crippen LogP contribution in [-0.4, -0.2) is 11.0 Å². The first-order valence-electron chi connectivity index (χ1n) is 7.95. The molecule has 0 spiro atoms. The van der Waals surface area contributed by atoms with E-state index in [-0.39, 0.29) is 0 Å². The molecule has 2 aromatic rings. The Bertz CT molecular complexity index is 564. The van der Waals surface area contributed by atoms with Crippen LogP contribution >= 0.6 is 11.3 Å². The lowest BCUT2D eigenvalue weighted by Gasteiger charge is -2.33. The van der Waals surface area contributed by atoms with Gasteiger partial charge >= 0.3 is 0 Å². The van der Waals surface area contributed by atoms with Gasteiger partial charge in [0.05, 0.1) is 5.69 Å². The molecule has 1 aliphatic carbocycles. The van der Waals surface area contributed by atoms with Gasteiger partial charge in [0.1, 0.15) is 5.01 Å². The first kappa shape index (κ1) is 14.7. The van der Waals surface area contributed by atoms with Crippen LogP contribution in [0.2, 0.25) is 0 Å². The maximum absolute atomic E-state index is 4.76. The smallest absolute Gasteiger partial charge is 0.107 e. The number of hydrogen-bond acceptors (Lipinski definition) is 3. The molecule has 1 aromatic carbocycles.